The lowest BCUT2D eigenvalue weighted by molar-refractivity contribution is -0.137. The molecular weight excluding hydrogens is 384 g/mol. The first kappa shape index (κ1) is 20.7. The molecule has 2 aromatic rings. The van der Waals surface area contributed by atoms with Gasteiger partial charge in [0.2, 0.25) is 17.1 Å². The van der Waals surface area contributed by atoms with Crippen molar-refractivity contribution in [1.82, 2.24) is 5.48 Å². The van der Waals surface area contributed by atoms with E-state index in [0.717, 1.165) is 23.8 Å². The first-order valence-corrected chi connectivity index (χ1v) is 7.81. The molecule has 0 saturated heterocycles. The normalized spacial score (nSPS) is 11.8. The van der Waals surface area contributed by atoms with Crippen molar-refractivity contribution in [3.8, 4) is 5.75 Å². The molecule has 0 unspecified atom stereocenters. The van der Waals surface area contributed by atoms with Crippen molar-refractivity contribution >= 4 is 28.1 Å². The fourth-order valence-electron chi connectivity index (χ4n) is 1.63. The summed E-state index contributed by atoms with van der Waals surface area (Å²) < 4.78 is 37.6. The SMILES string of the molecule is N/C(NOc1ccc(C(F)(F)F)cc1Cl)=[S+]\Cc1ccccc1.[Cl-]. The largest absolute Gasteiger partial charge is 1.00 e. The minimum atomic E-state index is -4.45. The number of nitrogens with two attached hydrogens (primary N) is 1. The van der Waals surface area contributed by atoms with Crippen LogP contribution >= 0.6 is 11.6 Å². The van der Waals surface area contributed by atoms with Crippen LogP contribution in [0.3, 0.4) is 0 Å². The van der Waals surface area contributed by atoms with Crippen LogP contribution < -0.4 is 28.5 Å². The van der Waals surface area contributed by atoms with Crippen LogP contribution in [-0.4, -0.2) is 5.11 Å². The number of rotatable bonds is 4. The van der Waals surface area contributed by atoms with Gasteiger partial charge >= 0.3 is 11.3 Å². The third-order valence-electron chi connectivity index (χ3n) is 2.76. The van der Waals surface area contributed by atoms with E-state index >= 15 is 0 Å². The van der Waals surface area contributed by atoms with Crippen LogP contribution in [-0.2, 0) is 23.3 Å². The van der Waals surface area contributed by atoms with Crippen LogP contribution in [0.2, 0.25) is 5.02 Å². The Hall–Kier alpha value is -1.38. The van der Waals surface area contributed by atoms with Crippen molar-refractivity contribution in [1.29, 1.82) is 0 Å². The lowest BCUT2D eigenvalue weighted by Crippen LogP contribution is -3.00. The average molecular weight is 397 g/mol. The molecule has 0 amide bonds. The second-order valence-electron chi connectivity index (χ2n) is 4.49. The number of hydrogen-bond donors (Lipinski definition) is 2. The maximum atomic E-state index is 12.5. The number of hydroxylamine groups is 1. The van der Waals surface area contributed by atoms with Crippen LogP contribution in [0.15, 0.2) is 48.5 Å². The van der Waals surface area contributed by atoms with Crippen molar-refractivity contribution in [3.05, 3.63) is 64.7 Å². The van der Waals surface area contributed by atoms with E-state index in [2.05, 4.69) is 5.48 Å². The molecule has 0 aromatic heterocycles. The Morgan fingerprint density at radius 2 is 1.83 bits per heavy atom. The molecular formula is C15H13Cl2F3N2OS. The van der Waals surface area contributed by atoms with E-state index in [9.17, 15) is 13.2 Å². The highest BCUT2D eigenvalue weighted by molar-refractivity contribution is 7.77. The molecule has 0 spiro atoms. The summed E-state index contributed by atoms with van der Waals surface area (Å²) in [5.74, 6) is 0.687. The van der Waals surface area contributed by atoms with Gasteiger partial charge in [0.15, 0.2) is 5.75 Å². The molecule has 24 heavy (non-hydrogen) atoms. The molecule has 0 aliphatic heterocycles. The van der Waals surface area contributed by atoms with Crippen molar-refractivity contribution in [2.24, 2.45) is 5.73 Å². The van der Waals surface area contributed by atoms with Crippen molar-refractivity contribution in [3.63, 3.8) is 0 Å². The first-order chi connectivity index (χ1) is 10.9. The van der Waals surface area contributed by atoms with E-state index in [4.69, 9.17) is 22.2 Å². The van der Waals surface area contributed by atoms with Crippen molar-refractivity contribution in [2.75, 3.05) is 0 Å². The smallest absolute Gasteiger partial charge is 0.416 e. The molecule has 2 aromatic carbocycles. The van der Waals surface area contributed by atoms with Gasteiger partial charge in [-0.25, -0.2) is 5.73 Å². The molecule has 0 fully saturated rings. The maximum Gasteiger partial charge on any atom is 0.416 e. The highest BCUT2D eigenvalue weighted by Crippen LogP contribution is 2.34. The van der Waals surface area contributed by atoms with E-state index < -0.39 is 11.7 Å². The molecule has 3 nitrogen and oxygen atoms in total. The summed E-state index contributed by atoms with van der Waals surface area (Å²) in [7, 11) is 0. The lowest BCUT2D eigenvalue weighted by atomic mass is 10.2. The Morgan fingerprint density at radius 3 is 2.42 bits per heavy atom. The Morgan fingerprint density at radius 1 is 1.17 bits per heavy atom. The number of alkyl halides is 3. The van der Waals surface area contributed by atoms with Crippen LogP contribution in [0.1, 0.15) is 11.1 Å². The Balaban J connectivity index is 0.00000288. The van der Waals surface area contributed by atoms with Gasteiger partial charge in [-0.15, -0.1) is 0 Å². The zero-order chi connectivity index (χ0) is 16.9. The van der Waals surface area contributed by atoms with Gasteiger partial charge in [-0.1, -0.05) is 47.4 Å². The zero-order valence-electron chi connectivity index (χ0n) is 12.1. The van der Waals surface area contributed by atoms with E-state index in [1.807, 2.05) is 30.3 Å². The van der Waals surface area contributed by atoms with Gasteiger partial charge in [-0.2, -0.15) is 13.2 Å². The highest BCUT2D eigenvalue weighted by Gasteiger charge is 2.31. The standard InChI is InChI=1S/C15H13ClF3N2OS.ClH/c16-12-8-11(15(17,18)19)6-7-13(12)22-21-14(20)23-9-10-4-2-1-3-5-10;/h1-8,21H,9,20H2;1H/q+1;/p-1. The lowest BCUT2D eigenvalue weighted by Gasteiger charge is -2.09. The second-order valence-corrected chi connectivity index (χ2v) is 5.91. The zero-order valence-corrected chi connectivity index (χ0v) is 14.4. The van der Waals surface area contributed by atoms with E-state index in [1.54, 1.807) is 0 Å². The number of nitrogens with one attached hydrogen (secondary N) is 1. The topological polar surface area (TPSA) is 47.3 Å². The summed E-state index contributed by atoms with van der Waals surface area (Å²) in [6.07, 6.45) is -4.45. The average Bonchev–Trinajstić information content (AvgIpc) is 2.51. The van der Waals surface area contributed by atoms with Crippen LogP contribution in [0.25, 0.3) is 0 Å². The molecule has 0 bridgehead atoms. The van der Waals surface area contributed by atoms with Gasteiger partial charge in [0.05, 0.1) is 10.6 Å². The fraction of sp³-hybridized carbons (Fsp3) is 0.133. The minimum absolute atomic E-state index is 0. The van der Waals surface area contributed by atoms with Crippen LogP contribution in [0, 0.1) is 0 Å². The molecule has 0 radical (unpaired) electrons. The quantitative estimate of drug-likeness (QED) is 0.451. The third kappa shape index (κ3) is 6.26. The third-order valence-corrected chi connectivity index (χ3v) is 3.93. The Bertz CT molecular complexity index is 697. The molecule has 2 rings (SSSR count). The molecule has 0 heterocycles. The van der Waals surface area contributed by atoms with Gasteiger partial charge in [-0.3, -0.25) is 0 Å². The number of benzene rings is 2. The number of halogens is 5. The van der Waals surface area contributed by atoms with Crippen molar-refractivity contribution < 1.29 is 30.4 Å². The summed E-state index contributed by atoms with van der Waals surface area (Å²) in [4.78, 5) is 5.12. The first-order valence-electron chi connectivity index (χ1n) is 6.45. The summed E-state index contributed by atoms with van der Waals surface area (Å²) in [5.41, 5.74) is 8.44. The van der Waals surface area contributed by atoms with Crippen molar-refractivity contribution in [2.45, 2.75) is 11.9 Å². The fourth-order valence-corrected chi connectivity index (χ4v) is 2.46. The molecule has 130 valence electrons. The summed E-state index contributed by atoms with van der Waals surface area (Å²) in [5, 5.41) is 0.109. The second kappa shape index (κ2) is 9.19. The van der Waals surface area contributed by atoms with Crippen LogP contribution in [0.5, 0.6) is 5.75 Å². The van der Waals surface area contributed by atoms with Gasteiger partial charge < -0.3 is 17.2 Å². The van der Waals surface area contributed by atoms with Gasteiger partial charge in [-0.05, 0) is 18.2 Å². The van der Waals surface area contributed by atoms with Gasteiger partial charge in [0, 0.05) is 5.56 Å². The molecule has 0 aliphatic rings. The van der Waals surface area contributed by atoms with Gasteiger partial charge in [0.1, 0.15) is 0 Å². The molecule has 0 atom stereocenters. The molecule has 3 N–H and O–H groups in total. The predicted molar refractivity (Wildman–Crippen MR) is 86.9 cm³/mol. The minimum Gasteiger partial charge on any atom is -1.00 e. The van der Waals surface area contributed by atoms with Crippen LogP contribution in [0.4, 0.5) is 13.2 Å². The summed E-state index contributed by atoms with van der Waals surface area (Å²) in [6.45, 7) is 0. The molecule has 0 saturated carbocycles. The molecule has 0 aliphatic carbocycles. The molecule has 9 heteroatoms. The number of hydrogen-bond acceptors (Lipinski definition) is 1. The predicted octanol–water partition coefficient (Wildman–Crippen LogP) is 0.575. The monoisotopic (exact) mass is 396 g/mol. The van der Waals surface area contributed by atoms with E-state index in [1.165, 1.54) is 11.4 Å². The summed E-state index contributed by atoms with van der Waals surface area (Å²) >= 11 is 7.07. The summed E-state index contributed by atoms with van der Waals surface area (Å²) in [6, 6.07) is 12.5. The Kier molecular flexibility index (Phi) is 7.92. The van der Waals surface area contributed by atoms with Gasteiger partial charge in [0.25, 0.3) is 0 Å². The maximum absolute atomic E-state index is 12.5. The van der Waals surface area contributed by atoms with E-state index in [-0.39, 0.29) is 28.3 Å². The Labute approximate surface area is 152 Å². The van der Waals surface area contributed by atoms with E-state index in [0.29, 0.717) is 5.75 Å². The highest BCUT2D eigenvalue weighted by atomic mass is 35.5.